The van der Waals surface area contributed by atoms with Gasteiger partial charge in [-0.05, 0) is 18.9 Å². The molecule has 1 aromatic rings. The molecule has 17 heavy (non-hydrogen) atoms. The summed E-state index contributed by atoms with van der Waals surface area (Å²) in [4.78, 5) is 17.0. The molecule has 0 radical (unpaired) electrons. The van der Waals surface area contributed by atoms with E-state index in [1.807, 2.05) is 0 Å². The van der Waals surface area contributed by atoms with Crippen molar-refractivity contribution in [1.82, 2.24) is 4.98 Å². The van der Waals surface area contributed by atoms with Gasteiger partial charge in [-0.25, -0.2) is 4.98 Å². The molecule has 0 bridgehead atoms. The largest absolute Gasteiger partial charge is 0.481 e. The quantitative estimate of drug-likeness (QED) is 0.821. The Kier molecular flexibility index (Phi) is 3.58. The van der Waals surface area contributed by atoms with Crippen LogP contribution in [0.2, 0.25) is 0 Å². The molecule has 0 unspecified atom stereocenters. The fourth-order valence-electron chi connectivity index (χ4n) is 2.14. The number of rotatable bonds is 4. The number of carboxylic acid groups (broad SMARTS) is 1. The topological polar surface area (TPSA) is 73.7 Å². The van der Waals surface area contributed by atoms with Crippen molar-refractivity contribution in [2.45, 2.75) is 25.4 Å². The summed E-state index contributed by atoms with van der Waals surface area (Å²) in [7, 11) is 0. The molecule has 2 heterocycles. The van der Waals surface area contributed by atoms with E-state index in [1.165, 1.54) is 0 Å². The smallest absolute Gasteiger partial charge is 0.306 e. The zero-order chi connectivity index (χ0) is 12.3. The highest BCUT2D eigenvalue weighted by Crippen LogP contribution is 2.28. The van der Waals surface area contributed by atoms with Crippen molar-refractivity contribution in [2.75, 3.05) is 18.0 Å². The molecule has 0 aliphatic carbocycles. The van der Waals surface area contributed by atoms with Crippen molar-refractivity contribution in [3.05, 3.63) is 23.9 Å². The normalized spacial score (nSPS) is 17.1. The summed E-state index contributed by atoms with van der Waals surface area (Å²) in [6.07, 6.45) is 2.63. The van der Waals surface area contributed by atoms with E-state index in [4.69, 9.17) is 5.11 Å². The van der Waals surface area contributed by atoms with E-state index in [-0.39, 0.29) is 6.42 Å². The van der Waals surface area contributed by atoms with Crippen LogP contribution in [-0.2, 0) is 4.79 Å². The van der Waals surface area contributed by atoms with E-state index in [1.54, 1.807) is 18.3 Å². The first kappa shape index (κ1) is 11.9. The minimum atomic E-state index is -1.01. The van der Waals surface area contributed by atoms with Crippen molar-refractivity contribution in [1.29, 1.82) is 0 Å². The Balaban J connectivity index is 2.23. The number of hydrogen-bond donors (Lipinski definition) is 2. The third-order valence-corrected chi connectivity index (χ3v) is 2.95. The zero-order valence-electron chi connectivity index (χ0n) is 9.54. The summed E-state index contributed by atoms with van der Waals surface area (Å²) in [6, 6.07) is 3.47. The molecular weight excluding hydrogens is 220 g/mol. The maximum Gasteiger partial charge on any atom is 0.306 e. The van der Waals surface area contributed by atoms with Crippen molar-refractivity contribution in [3.63, 3.8) is 0 Å². The Morgan fingerprint density at radius 3 is 2.82 bits per heavy atom. The lowest BCUT2D eigenvalue weighted by Crippen LogP contribution is -2.22. The van der Waals surface area contributed by atoms with Gasteiger partial charge in [0, 0.05) is 24.8 Å². The fraction of sp³-hybridized carbons (Fsp3) is 0.500. The Hall–Kier alpha value is -1.62. The maximum absolute atomic E-state index is 10.6. The van der Waals surface area contributed by atoms with Crippen molar-refractivity contribution < 1.29 is 15.0 Å². The van der Waals surface area contributed by atoms with Crippen LogP contribution in [0.5, 0.6) is 0 Å². The summed E-state index contributed by atoms with van der Waals surface area (Å²) >= 11 is 0. The summed E-state index contributed by atoms with van der Waals surface area (Å²) in [5.41, 5.74) is 0.608. The minimum Gasteiger partial charge on any atom is -0.481 e. The van der Waals surface area contributed by atoms with E-state index in [0.717, 1.165) is 31.7 Å². The number of aliphatic hydroxyl groups excluding tert-OH is 1. The maximum atomic E-state index is 10.6. The van der Waals surface area contributed by atoms with E-state index in [9.17, 15) is 9.90 Å². The number of hydrogen-bond acceptors (Lipinski definition) is 4. The molecule has 1 aromatic heterocycles. The number of nitrogens with zero attached hydrogens (tertiary/aromatic N) is 2. The molecule has 1 fully saturated rings. The Morgan fingerprint density at radius 2 is 2.18 bits per heavy atom. The van der Waals surface area contributed by atoms with Gasteiger partial charge >= 0.3 is 5.97 Å². The van der Waals surface area contributed by atoms with Gasteiger partial charge in [-0.1, -0.05) is 6.07 Å². The Morgan fingerprint density at radius 1 is 1.47 bits per heavy atom. The van der Waals surface area contributed by atoms with Gasteiger partial charge in [0.25, 0.3) is 0 Å². The van der Waals surface area contributed by atoms with Crippen LogP contribution in [0.25, 0.3) is 0 Å². The molecule has 1 atom stereocenters. The van der Waals surface area contributed by atoms with Crippen molar-refractivity contribution in [2.24, 2.45) is 0 Å². The molecule has 5 heteroatoms. The first-order valence-electron chi connectivity index (χ1n) is 5.78. The highest BCUT2D eigenvalue weighted by molar-refractivity contribution is 5.68. The lowest BCUT2D eigenvalue weighted by molar-refractivity contribution is -0.139. The second kappa shape index (κ2) is 5.14. The second-order valence-corrected chi connectivity index (χ2v) is 4.22. The summed E-state index contributed by atoms with van der Waals surface area (Å²) in [6.45, 7) is 1.84. The van der Waals surface area contributed by atoms with E-state index >= 15 is 0 Å². The van der Waals surface area contributed by atoms with Crippen LogP contribution in [0.15, 0.2) is 18.3 Å². The molecule has 0 aromatic carbocycles. The standard InChI is InChI=1S/C12H16N2O3/c15-10(8-11(16)17)9-4-3-5-13-12(9)14-6-1-2-7-14/h3-5,10,15H,1-2,6-8H2,(H,16,17)/t10-/m0/s1. The Labute approximate surface area is 99.7 Å². The number of aromatic nitrogens is 1. The summed E-state index contributed by atoms with van der Waals surface area (Å²) in [5.74, 6) is -0.285. The van der Waals surface area contributed by atoms with E-state index in [0.29, 0.717) is 5.56 Å². The van der Waals surface area contributed by atoms with E-state index < -0.39 is 12.1 Å². The third kappa shape index (κ3) is 2.74. The molecule has 0 saturated carbocycles. The number of aliphatic carboxylic acids is 1. The van der Waals surface area contributed by atoms with Crippen LogP contribution >= 0.6 is 0 Å². The third-order valence-electron chi connectivity index (χ3n) is 2.95. The second-order valence-electron chi connectivity index (χ2n) is 4.22. The number of anilines is 1. The first-order valence-corrected chi connectivity index (χ1v) is 5.78. The average Bonchev–Trinajstić information content (AvgIpc) is 2.81. The van der Waals surface area contributed by atoms with Gasteiger partial charge in [0.05, 0.1) is 12.5 Å². The van der Waals surface area contributed by atoms with Gasteiger partial charge in [-0.15, -0.1) is 0 Å². The Bertz CT molecular complexity index is 402. The summed E-state index contributed by atoms with van der Waals surface area (Å²) in [5, 5.41) is 18.6. The van der Waals surface area contributed by atoms with Crippen molar-refractivity contribution in [3.8, 4) is 0 Å². The molecule has 1 aliphatic rings. The van der Waals surface area contributed by atoms with Crippen LogP contribution in [0.1, 0.15) is 30.9 Å². The van der Waals surface area contributed by atoms with Gasteiger partial charge < -0.3 is 15.1 Å². The van der Waals surface area contributed by atoms with Crippen LogP contribution in [0.4, 0.5) is 5.82 Å². The lowest BCUT2D eigenvalue weighted by atomic mass is 10.1. The van der Waals surface area contributed by atoms with Gasteiger partial charge in [-0.2, -0.15) is 0 Å². The molecule has 5 nitrogen and oxygen atoms in total. The first-order chi connectivity index (χ1) is 8.18. The molecule has 2 N–H and O–H groups in total. The summed E-state index contributed by atoms with van der Waals surface area (Å²) < 4.78 is 0. The molecular formula is C12H16N2O3. The van der Waals surface area contributed by atoms with Gasteiger partial charge in [-0.3, -0.25) is 4.79 Å². The molecule has 2 rings (SSSR count). The van der Waals surface area contributed by atoms with Crippen LogP contribution in [0.3, 0.4) is 0 Å². The van der Waals surface area contributed by atoms with Gasteiger partial charge in [0.1, 0.15) is 5.82 Å². The van der Waals surface area contributed by atoms with Gasteiger partial charge in [0.15, 0.2) is 0 Å². The predicted molar refractivity (Wildman–Crippen MR) is 62.9 cm³/mol. The highest BCUT2D eigenvalue weighted by atomic mass is 16.4. The zero-order valence-corrected chi connectivity index (χ0v) is 9.54. The lowest BCUT2D eigenvalue weighted by Gasteiger charge is -2.21. The molecule has 0 spiro atoms. The highest BCUT2D eigenvalue weighted by Gasteiger charge is 2.21. The number of aliphatic hydroxyl groups is 1. The van der Waals surface area contributed by atoms with Crippen LogP contribution in [0, 0.1) is 0 Å². The molecule has 1 aliphatic heterocycles. The van der Waals surface area contributed by atoms with Crippen LogP contribution < -0.4 is 4.90 Å². The molecule has 1 saturated heterocycles. The SMILES string of the molecule is O=C(O)C[C@H](O)c1cccnc1N1CCCC1. The molecule has 92 valence electrons. The fourth-order valence-corrected chi connectivity index (χ4v) is 2.14. The number of carboxylic acids is 1. The average molecular weight is 236 g/mol. The number of carbonyl (C=O) groups is 1. The van der Waals surface area contributed by atoms with Crippen molar-refractivity contribution >= 4 is 11.8 Å². The van der Waals surface area contributed by atoms with Crippen LogP contribution in [-0.4, -0.2) is 34.3 Å². The predicted octanol–water partition coefficient (Wildman–Crippen LogP) is 1.19. The van der Waals surface area contributed by atoms with E-state index in [2.05, 4.69) is 9.88 Å². The van der Waals surface area contributed by atoms with Gasteiger partial charge in [0.2, 0.25) is 0 Å². The molecule has 0 amide bonds. The minimum absolute atomic E-state index is 0.285. The number of pyridine rings is 1. The monoisotopic (exact) mass is 236 g/mol.